The minimum absolute atomic E-state index is 0.0234. The Morgan fingerprint density at radius 3 is 2.73 bits per heavy atom. The van der Waals surface area contributed by atoms with Crippen molar-refractivity contribution in [3.63, 3.8) is 0 Å². The van der Waals surface area contributed by atoms with E-state index >= 15 is 0 Å². The van der Waals surface area contributed by atoms with Crippen LogP contribution in [0.4, 0.5) is 10.2 Å². The number of aromatic nitrogens is 2. The lowest BCUT2D eigenvalue weighted by molar-refractivity contribution is -0.139. The van der Waals surface area contributed by atoms with E-state index in [0.29, 0.717) is 24.7 Å². The third-order valence-corrected chi connectivity index (χ3v) is 5.74. The first-order valence-electron chi connectivity index (χ1n) is 10.2. The number of aryl methyl sites for hydroxylation is 1. The second kappa shape index (κ2) is 8.47. The molecule has 2 aliphatic heterocycles. The molecule has 4 rings (SSSR count). The molecular formula is C22H25FN4O3. The van der Waals surface area contributed by atoms with Crippen molar-refractivity contribution in [3.8, 4) is 0 Å². The van der Waals surface area contributed by atoms with Gasteiger partial charge in [0.1, 0.15) is 18.2 Å². The van der Waals surface area contributed by atoms with Crippen LogP contribution in [0.3, 0.4) is 0 Å². The molecule has 0 N–H and O–H groups in total. The van der Waals surface area contributed by atoms with Gasteiger partial charge in [-0.05, 0) is 43.9 Å². The molecule has 7 nitrogen and oxygen atoms in total. The quantitative estimate of drug-likeness (QED) is 0.755. The topological polar surface area (TPSA) is 75.6 Å². The van der Waals surface area contributed by atoms with E-state index in [4.69, 9.17) is 9.72 Å². The molecule has 0 bridgehead atoms. The predicted octanol–water partition coefficient (Wildman–Crippen LogP) is 2.71. The summed E-state index contributed by atoms with van der Waals surface area (Å²) in [5.41, 5.74) is 2.40. The van der Waals surface area contributed by atoms with E-state index < -0.39 is 0 Å². The number of nitrogens with zero attached hydrogens (tertiary/aromatic N) is 4. The van der Waals surface area contributed by atoms with Crippen molar-refractivity contribution in [3.05, 3.63) is 52.7 Å². The Balaban J connectivity index is 1.66. The molecule has 8 heteroatoms. The number of carbonyl (C=O) groups excluding carboxylic acids is 2. The third kappa shape index (κ3) is 3.92. The molecule has 2 aromatic rings. The van der Waals surface area contributed by atoms with Crippen molar-refractivity contribution in [2.75, 3.05) is 25.2 Å². The predicted molar refractivity (Wildman–Crippen MR) is 108 cm³/mol. The van der Waals surface area contributed by atoms with Crippen molar-refractivity contribution in [1.82, 2.24) is 14.9 Å². The number of methoxy groups -OCH3 is 1. The lowest BCUT2D eigenvalue weighted by Gasteiger charge is -2.35. The van der Waals surface area contributed by atoms with Crippen molar-refractivity contribution >= 4 is 17.6 Å². The van der Waals surface area contributed by atoms with Gasteiger partial charge in [-0.3, -0.25) is 14.5 Å². The summed E-state index contributed by atoms with van der Waals surface area (Å²) in [6.07, 6.45) is 2.95. The number of benzene rings is 1. The highest BCUT2D eigenvalue weighted by Crippen LogP contribution is 2.35. The van der Waals surface area contributed by atoms with Gasteiger partial charge in [0, 0.05) is 24.9 Å². The summed E-state index contributed by atoms with van der Waals surface area (Å²) in [4.78, 5) is 38.1. The molecule has 0 spiro atoms. The first-order chi connectivity index (χ1) is 14.5. The van der Waals surface area contributed by atoms with Gasteiger partial charge >= 0.3 is 0 Å². The Morgan fingerprint density at radius 2 is 2.00 bits per heavy atom. The van der Waals surface area contributed by atoms with Crippen LogP contribution in [0.2, 0.25) is 0 Å². The SMILES string of the molecule is COCC(=O)N1CCCC[C@H]1c1nc(C)c2c(n1)N(Cc1ccc(F)cc1)C(=O)C2. The molecule has 1 atom stereocenters. The van der Waals surface area contributed by atoms with Crippen LogP contribution in [0.5, 0.6) is 0 Å². The van der Waals surface area contributed by atoms with Crippen LogP contribution < -0.4 is 4.90 Å². The van der Waals surface area contributed by atoms with Crippen molar-refractivity contribution in [1.29, 1.82) is 0 Å². The highest BCUT2D eigenvalue weighted by atomic mass is 19.1. The summed E-state index contributed by atoms with van der Waals surface area (Å²) in [6.45, 7) is 2.86. The summed E-state index contributed by atoms with van der Waals surface area (Å²) in [5.74, 6) is 0.708. The zero-order chi connectivity index (χ0) is 21.3. The van der Waals surface area contributed by atoms with E-state index in [1.54, 1.807) is 21.9 Å². The fourth-order valence-electron chi connectivity index (χ4n) is 4.19. The first kappa shape index (κ1) is 20.4. The van der Waals surface area contributed by atoms with E-state index in [9.17, 15) is 14.0 Å². The molecule has 0 radical (unpaired) electrons. The summed E-state index contributed by atoms with van der Waals surface area (Å²) >= 11 is 0. The Bertz CT molecular complexity index is 964. The first-order valence-corrected chi connectivity index (χ1v) is 10.2. The van der Waals surface area contributed by atoms with Gasteiger partial charge in [0.2, 0.25) is 11.8 Å². The second-order valence-corrected chi connectivity index (χ2v) is 7.78. The van der Waals surface area contributed by atoms with Gasteiger partial charge in [-0.25, -0.2) is 14.4 Å². The number of hydrogen-bond acceptors (Lipinski definition) is 5. The van der Waals surface area contributed by atoms with E-state index in [0.717, 1.165) is 36.1 Å². The van der Waals surface area contributed by atoms with E-state index in [1.807, 2.05) is 6.92 Å². The van der Waals surface area contributed by atoms with Crippen molar-refractivity contribution < 1.29 is 18.7 Å². The van der Waals surface area contributed by atoms with Gasteiger partial charge in [-0.15, -0.1) is 0 Å². The zero-order valence-corrected chi connectivity index (χ0v) is 17.2. The molecule has 1 saturated heterocycles. The molecule has 2 amide bonds. The normalized spacial score (nSPS) is 18.6. The van der Waals surface area contributed by atoms with Gasteiger partial charge in [0.15, 0.2) is 5.82 Å². The number of fused-ring (bicyclic) bond motifs is 1. The van der Waals surface area contributed by atoms with Gasteiger partial charge in [0.05, 0.1) is 19.0 Å². The van der Waals surface area contributed by atoms with E-state index in [1.165, 1.54) is 19.2 Å². The molecular weight excluding hydrogens is 387 g/mol. The number of hydrogen-bond donors (Lipinski definition) is 0. The minimum Gasteiger partial charge on any atom is -0.375 e. The van der Waals surface area contributed by atoms with Crippen LogP contribution in [0, 0.1) is 12.7 Å². The van der Waals surface area contributed by atoms with Gasteiger partial charge in [-0.2, -0.15) is 0 Å². The van der Waals surface area contributed by atoms with Crippen LogP contribution in [-0.4, -0.2) is 46.9 Å². The van der Waals surface area contributed by atoms with E-state index in [-0.39, 0.29) is 36.7 Å². The molecule has 2 aliphatic rings. The van der Waals surface area contributed by atoms with Crippen molar-refractivity contribution in [2.45, 2.75) is 45.2 Å². The fraction of sp³-hybridized carbons (Fsp3) is 0.455. The number of carbonyl (C=O) groups is 2. The lowest BCUT2D eigenvalue weighted by atomic mass is 10.0. The fourth-order valence-corrected chi connectivity index (χ4v) is 4.19. The number of anilines is 1. The Hall–Kier alpha value is -2.87. The molecule has 0 saturated carbocycles. The molecule has 0 aliphatic carbocycles. The molecule has 1 fully saturated rings. The van der Waals surface area contributed by atoms with Crippen LogP contribution in [0.1, 0.15) is 47.9 Å². The Morgan fingerprint density at radius 1 is 1.23 bits per heavy atom. The average molecular weight is 412 g/mol. The standard InChI is InChI=1S/C22H25FN4O3/c1-14-17-11-19(28)27(12-15-6-8-16(23)9-7-15)22(17)25-21(24-14)18-5-3-4-10-26(18)20(29)13-30-2/h6-9,18H,3-5,10-13H2,1-2H3/t18-/m0/s1. The minimum atomic E-state index is -0.314. The largest absolute Gasteiger partial charge is 0.375 e. The second-order valence-electron chi connectivity index (χ2n) is 7.78. The molecule has 0 unspecified atom stereocenters. The molecule has 1 aromatic carbocycles. The van der Waals surface area contributed by atoms with Crippen LogP contribution in [-0.2, 0) is 27.3 Å². The third-order valence-electron chi connectivity index (χ3n) is 5.74. The number of rotatable bonds is 5. The lowest BCUT2D eigenvalue weighted by Crippen LogP contribution is -2.41. The molecule has 30 heavy (non-hydrogen) atoms. The molecule has 1 aromatic heterocycles. The number of halogens is 1. The summed E-state index contributed by atoms with van der Waals surface area (Å²) in [5, 5.41) is 0. The summed E-state index contributed by atoms with van der Waals surface area (Å²) in [6, 6.07) is 5.88. The zero-order valence-electron chi connectivity index (χ0n) is 17.2. The molecule has 158 valence electrons. The number of amides is 2. The number of ether oxygens (including phenoxy) is 1. The highest BCUT2D eigenvalue weighted by molar-refractivity contribution is 6.00. The maximum Gasteiger partial charge on any atom is 0.249 e. The molecule has 3 heterocycles. The summed E-state index contributed by atoms with van der Waals surface area (Å²) < 4.78 is 18.3. The smallest absolute Gasteiger partial charge is 0.249 e. The highest BCUT2D eigenvalue weighted by Gasteiger charge is 2.35. The number of piperidine rings is 1. The maximum absolute atomic E-state index is 13.2. The maximum atomic E-state index is 13.2. The summed E-state index contributed by atoms with van der Waals surface area (Å²) in [7, 11) is 1.51. The van der Waals surface area contributed by atoms with Crippen LogP contribution in [0.15, 0.2) is 24.3 Å². The van der Waals surface area contributed by atoms with Gasteiger partial charge in [-0.1, -0.05) is 12.1 Å². The Kier molecular flexibility index (Phi) is 5.76. The average Bonchev–Trinajstić information content (AvgIpc) is 3.06. The van der Waals surface area contributed by atoms with Crippen molar-refractivity contribution in [2.24, 2.45) is 0 Å². The van der Waals surface area contributed by atoms with Gasteiger partial charge in [0.25, 0.3) is 0 Å². The monoisotopic (exact) mass is 412 g/mol. The Labute approximate surface area is 174 Å². The van der Waals surface area contributed by atoms with E-state index in [2.05, 4.69) is 4.98 Å². The van der Waals surface area contributed by atoms with Gasteiger partial charge < -0.3 is 9.64 Å². The van der Waals surface area contributed by atoms with Crippen LogP contribution in [0.25, 0.3) is 0 Å². The van der Waals surface area contributed by atoms with Crippen LogP contribution >= 0.6 is 0 Å². The number of likely N-dealkylation sites (tertiary alicyclic amines) is 1.